The monoisotopic (exact) mass is 358 g/mol. The van der Waals surface area contributed by atoms with Crippen LogP contribution in [0, 0.1) is 17.0 Å². The van der Waals surface area contributed by atoms with Gasteiger partial charge in [0, 0.05) is 18.3 Å². The number of fused-ring (bicyclic) bond motifs is 1. The number of aryl methyl sites for hydroxylation is 1. The predicted octanol–water partition coefficient (Wildman–Crippen LogP) is 3.12. The molecule has 0 spiro atoms. The topological polar surface area (TPSA) is 107 Å². The summed E-state index contributed by atoms with van der Waals surface area (Å²) in [6.07, 6.45) is 1.93. The van der Waals surface area contributed by atoms with Gasteiger partial charge in [-0.2, -0.15) is 0 Å². The number of hydrogen-bond donors (Lipinski definition) is 1. The summed E-state index contributed by atoms with van der Waals surface area (Å²) in [5, 5.41) is 13.7. The number of hydrogen-bond acceptors (Lipinski definition) is 6. The zero-order valence-electron chi connectivity index (χ0n) is 12.9. The molecule has 0 fully saturated rings. The van der Waals surface area contributed by atoms with Crippen LogP contribution in [0.3, 0.4) is 0 Å². The van der Waals surface area contributed by atoms with E-state index in [2.05, 4.69) is 10.3 Å². The third-order valence-corrected chi connectivity index (χ3v) is 3.93. The van der Waals surface area contributed by atoms with E-state index in [0.29, 0.717) is 17.6 Å². The summed E-state index contributed by atoms with van der Waals surface area (Å²) in [5.74, 6) is 0.0325. The first-order valence-corrected chi connectivity index (χ1v) is 7.48. The van der Waals surface area contributed by atoms with Gasteiger partial charge >= 0.3 is 0 Å². The van der Waals surface area contributed by atoms with Crippen LogP contribution in [0.25, 0.3) is 5.65 Å². The highest BCUT2D eigenvalue weighted by Gasteiger charge is 2.16. The van der Waals surface area contributed by atoms with Crippen molar-refractivity contribution in [2.75, 3.05) is 5.32 Å². The van der Waals surface area contributed by atoms with Crippen molar-refractivity contribution >= 4 is 40.7 Å². The number of non-ortho nitro benzene ring substituents is 1. The van der Waals surface area contributed by atoms with E-state index in [0.717, 1.165) is 5.56 Å². The molecule has 0 amide bonds. The van der Waals surface area contributed by atoms with Gasteiger partial charge in [-0.3, -0.25) is 24.1 Å². The van der Waals surface area contributed by atoms with E-state index < -0.39 is 10.5 Å². The van der Waals surface area contributed by atoms with Gasteiger partial charge in [-0.05, 0) is 24.6 Å². The molecular weight excluding hydrogens is 348 g/mol. The number of nitro benzene ring substituents is 1. The molecule has 9 heteroatoms. The lowest BCUT2D eigenvalue weighted by molar-refractivity contribution is -0.384. The van der Waals surface area contributed by atoms with Crippen LogP contribution in [0.4, 0.5) is 17.2 Å². The summed E-state index contributed by atoms with van der Waals surface area (Å²) in [6.45, 7) is 1.78. The van der Waals surface area contributed by atoms with Gasteiger partial charge in [0.05, 0.1) is 15.6 Å². The molecule has 0 aliphatic carbocycles. The second kappa shape index (κ2) is 6.33. The average molecular weight is 359 g/mol. The Hall–Kier alpha value is -3.26. The van der Waals surface area contributed by atoms with Crippen LogP contribution in [0.5, 0.6) is 0 Å². The van der Waals surface area contributed by atoms with Gasteiger partial charge in [-0.15, -0.1) is 0 Å². The molecule has 0 unspecified atom stereocenters. The van der Waals surface area contributed by atoms with Crippen molar-refractivity contribution in [1.29, 1.82) is 0 Å². The van der Waals surface area contributed by atoms with Crippen molar-refractivity contribution in [2.24, 2.45) is 0 Å². The number of nitrogens with one attached hydrogen (secondary N) is 1. The molecule has 126 valence electrons. The Morgan fingerprint density at radius 1 is 1.36 bits per heavy atom. The Morgan fingerprint density at radius 2 is 2.12 bits per heavy atom. The lowest BCUT2D eigenvalue weighted by atomic mass is 10.2. The van der Waals surface area contributed by atoms with Gasteiger partial charge in [-0.1, -0.05) is 17.7 Å². The van der Waals surface area contributed by atoms with Crippen LogP contribution in [0.2, 0.25) is 5.02 Å². The Bertz CT molecular complexity index is 1080. The first-order valence-electron chi connectivity index (χ1n) is 7.10. The Morgan fingerprint density at radius 3 is 2.76 bits per heavy atom. The fourth-order valence-corrected chi connectivity index (χ4v) is 2.58. The summed E-state index contributed by atoms with van der Waals surface area (Å²) in [4.78, 5) is 38.4. The standard InChI is InChI=1S/C16H11ClN4O4/c1-9-3-2-6-20-15(9)19-14(11(8-22)16(20)23)18-13-5-4-10(21(24)25)7-12(13)17/h2-8,18H,1H3. The molecule has 0 radical (unpaired) electrons. The van der Waals surface area contributed by atoms with Crippen LogP contribution in [0.15, 0.2) is 41.3 Å². The quantitative estimate of drug-likeness (QED) is 0.436. The molecular formula is C16H11ClN4O4. The number of halogens is 1. The van der Waals surface area contributed by atoms with Crippen LogP contribution in [0.1, 0.15) is 15.9 Å². The summed E-state index contributed by atoms with van der Waals surface area (Å²) in [5.41, 5.74) is 0.559. The molecule has 3 aromatic rings. The number of anilines is 2. The second-order valence-corrected chi connectivity index (χ2v) is 5.64. The number of aldehydes is 1. The van der Waals surface area contributed by atoms with E-state index in [4.69, 9.17) is 11.6 Å². The molecule has 0 saturated carbocycles. The summed E-state index contributed by atoms with van der Waals surface area (Å²) in [6, 6.07) is 7.28. The van der Waals surface area contributed by atoms with Crippen LogP contribution in [-0.2, 0) is 0 Å². The smallest absolute Gasteiger partial charge is 0.271 e. The molecule has 0 aliphatic rings. The van der Waals surface area contributed by atoms with E-state index in [-0.39, 0.29) is 22.1 Å². The number of aromatic nitrogens is 2. The number of carbonyl (C=O) groups is 1. The van der Waals surface area contributed by atoms with Crippen molar-refractivity contribution < 1.29 is 9.72 Å². The molecule has 0 atom stereocenters. The SMILES string of the molecule is Cc1cccn2c(=O)c(C=O)c(Nc3ccc([N+](=O)[O-])cc3Cl)nc12. The van der Waals surface area contributed by atoms with Gasteiger partial charge in [0.15, 0.2) is 6.29 Å². The minimum atomic E-state index is -0.573. The molecule has 1 N–H and O–H groups in total. The molecule has 2 aromatic heterocycles. The van der Waals surface area contributed by atoms with E-state index in [9.17, 15) is 19.7 Å². The highest BCUT2D eigenvalue weighted by molar-refractivity contribution is 6.33. The lowest BCUT2D eigenvalue weighted by Gasteiger charge is -2.11. The molecule has 25 heavy (non-hydrogen) atoms. The normalized spacial score (nSPS) is 10.6. The third kappa shape index (κ3) is 2.94. The number of pyridine rings is 1. The Labute approximate surface area is 145 Å². The molecule has 0 bridgehead atoms. The van der Waals surface area contributed by atoms with Crippen molar-refractivity contribution in [2.45, 2.75) is 6.92 Å². The van der Waals surface area contributed by atoms with Gasteiger partial charge in [0.2, 0.25) is 0 Å². The Balaban J connectivity index is 2.16. The Kier molecular flexibility index (Phi) is 4.20. The number of benzene rings is 1. The maximum absolute atomic E-state index is 12.5. The van der Waals surface area contributed by atoms with Crippen LogP contribution < -0.4 is 10.9 Å². The number of rotatable bonds is 4. The van der Waals surface area contributed by atoms with Gasteiger partial charge in [0.1, 0.15) is 17.0 Å². The second-order valence-electron chi connectivity index (χ2n) is 5.23. The molecule has 1 aromatic carbocycles. The van der Waals surface area contributed by atoms with Crippen LogP contribution >= 0.6 is 11.6 Å². The van der Waals surface area contributed by atoms with E-state index >= 15 is 0 Å². The summed E-state index contributed by atoms with van der Waals surface area (Å²) >= 11 is 6.04. The van der Waals surface area contributed by atoms with E-state index in [1.54, 1.807) is 19.1 Å². The van der Waals surface area contributed by atoms with Crippen molar-refractivity contribution in [3.63, 3.8) is 0 Å². The first-order chi connectivity index (χ1) is 11.9. The minimum Gasteiger partial charge on any atom is -0.338 e. The average Bonchev–Trinajstić information content (AvgIpc) is 2.58. The number of nitrogens with zero attached hydrogens (tertiary/aromatic N) is 3. The van der Waals surface area contributed by atoms with Crippen molar-refractivity contribution in [3.05, 3.63) is 73.1 Å². The van der Waals surface area contributed by atoms with Gasteiger partial charge < -0.3 is 5.32 Å². The highest BCUT2D eigenvalue weighted by Crippen LogP contribution is 2.29. The summed E-state index contributed by atoms with van der Waals surface area (Å²) in [7, 11) is 0. The number of carbonyl (C=O) groups excluding carboxylic acids is 1. The van der Waals surface area contributed by atoms with Gasteiger partial charge in [-0.25, -0.2) is 4.98 Å². The highest BCUT2D eigenvalue weighted by atomic mass is 35.5. The van der Waals surface area contributed by atoms with Gasteiger partial charge in [0.25, 0.3) is 11.2 Å². The van der Waals surface area contributed by atoms with E-state index in [1.807, 2.05) is 0 Å². The maximum Gasteiger partial charge on any atom is 0.271 e. The maximum atomic E-state index is 12.5. The molecule has 0 saturated heterocycles. The minimum absolute atomic E-state index is 0.0325. The van der Waals surface area contributed by atoms with Crippen molar-refractivity contribution in [1.82, 2.24) is 9.38 Å². The van der Waals surface area contributed by atoms with Crippen LogP contribution in [-0.4, -0.2) is 20.6 Å². The fourth-order valence-electron chi connectivity index (χ4n) is 2.36. The van der Waals surface area contributed by atoms with E-state index in [1.165, 1.54) is 28.8 Å². The fraction of sp³-hybridized carbons (Fsp3) is 0.0625. The molecule has 0 aliphatic heterocycles. The number of nitro groups is 1. The first kappa shape index (κ1) is 16.6. The summed E-state index contributed by atoms with van der Waals surface area (Å²) < 4.78 is 1.28. The van der Waals surface area contributed by atoms with Crippen molar-refractivity contribution in [3.8, 4) is 0 Å². The third-order valence-electron chi connectivity index (χ3n) is 3.62. The largest absolute Gasteiger partial charge is 0.338 e. The lowest BCUT2D eigenvalue weighted by Crippen LogP contribution is -2.22. The zero-order valence-corrected chi connectivity index (χ0v) is 13.6. The molecule has 2 heterocycles. The molecule has 3 rings (SSSR count). The predicted molar refractivity (Wildman–Crippen MR) is 93.0 cm³/mol. The molecule has 8 nitrogen and oxygen atoms in total. The zero-order chi connectivity index (χ0) is 18.1.